The molecule has 0 saturated carbocycles. The number of methoxy groups -OCH3 is 1. The zero-order chi connectivity index (χ0) is 25.1. The zero-order valence-electron chi connectivity index (χ0n) is 19.5. The molecule has 0 bridgehead atoms. The summed E-state index contributed by atoms with van der Waals surface area (Å²) in [5.41, 5.74) is 5.38. The van der Waals surface area contributed by atoms with Crippen molar-refractivity contribution in [1.82, 2.24) is 25.2 Å². The Labute approximate surface area is 216 Å². The number of benzene rings is 3. The molecule has 11 heteroatoms. The maximum absolute atomic E-state index is 12.9. The van der Waals surface area contributed by atoms with Gasteiger partial charge in [0.1, 0.15) is 17.8 Å². The first-order valence-corrected chi connectivity index (χ1v) is 12.0. The molecule has 1 saturated heterocycles. The summed E-state index contributed by atoms with van der Waals surface area (Å²) in [4.78, 5) is 29.0. The third-order valence-electron chi connectivity index (χ3n) is 6.52. The van der Waals surface area contributed by atoms with Crippen LogP contribution in [0, 0.1) is 0 Å². The van der Waals surface area contributed by atoms with E-state index >= 15 is 0 Å². The predicted molar refractivity (Wildman–Crippen MR) is 139 cm³/mol. The summed E-state index contributed by atoms with van der Waals surface area (Å²) in [5, 5.41) is 7.10. The monoisotopic (exact) mass is 510 g/mol. The molecule has 3 aliphatic heterocycles. The Morgan fingerprint density at radius 1 is 0.973 bits per heavy atom. The number of amides is 2. The smallest absolute Gasteiger partial charge is 0.348 e. The van der Waals surface area contributed by atoms with Gasteiger partial charge >= 0.3 is 6.03 Å². The molecule has 0 spiro atoms. The molecular weight excluding hydrogens is 492 g/mol. The van der Waals surface area contributed by atoms with E-state index in [2.05, 4.69) is 5.43 Å². The van der Waals surface area contributed by atoms with E-state index in [4.69, 9.17) is 36.4 Å². The molecule has 1 N–H and O–H groups in total. The van der Waals surface area contributed by atoms with Gasteiger partial charge in [0.25, 0.3) is 5.95 Å². The first-order chi connectivity index (χ1) is 18.1. The summed E-state index contributed by atoms with van der Waals surface area (Å²) in [6.07, 6.45) is 0. The number of nitrogens with one attached hydrogen (secondary N) is 1. The number of rotatable bonds is 4. The number of amidine groups is 1. The molecule has 4 aromatic rings. The number of urea groups is 1. The van der Waals surface area contributed by atoms with Crippen molar-refractivity contribution in [3.8, 4) is 17.1 Å². The van der Waals surface area contributed by atoms with E-state index in [1.54, 1.807) is 33.8 Å². The second-order valence-electron chi connectivity index (χ2n) is 8.67. The molecular formula is C26H19ClN8O2. The Kier molecular flexibility index (Phi) is 4.76. The van der Waals surface area contributed by atoms with E-state index < -0.39 is 6.04 Å². The van der Waals surface area contributed by atoms with Gasteiger partial charge in [0, 0.05) is 10.6 Å². The quantitative estimate of drug-likeness (QED) is 0.438. The van der Waals surface area contributed by atoms with Crippen molar-refractivity contribution in [3.63, 3.8) is 0 Å². The molecule has 2 unspecified atom stereocenters. The minimum atomic E-state index is -0.442. The molecule has 10 nitrogen and oxygen atoms in total. The van der Waals surface area contributed by atoms with Crippen LogP contribution in [0.1, 0.15) is 11.6 Å². The molecule has 3 aromatic carbocycles. The molecule has 37 heavy (non-hydrogen) atoms. The lowest BCUT2D eigenvalue weighted by Gasteiger charge is -2.28. The lowest BCUT2D eigenvalue weighted by molar-refractivity contribution is 0.245. The summed E-state index contributed by atoms with van der Waals surface area (Å²) < 4.78 is 7.15. The fourth-order valence-corrected chi connectivity index (χ4v) is 4.90. The van der Waals surface area contributed by atoms with Crippen LogP contribution in [0.2, 0.25) is 5.02 Å². The number of carbonyl (C=O) groups excluding carboxylic acids is 1. The van der Waals surface area contributed by atoms with Crippen LogP contribution in [0.3, 0.4) is 0 Å². The Bertz CT molecular complexity index is 1580. The fourth-order valence-electron chi connectivity index (χ4n) is 4.77. The van der Waals surface area contributed by atoms with Gasteiger partial charge in [0.2, 0.25) is 5.96 Å². The minimum Gasteiger partial charge on any atom is -0.497 e. The van der Waals surface area contributed by atoms with Gasteiger partial charge < -0.3 is 4.74 Å². The molecule has 7 rings (SSSR count). The second kappa shape index (κ2) is 8.17. The normalized spacial score (nSPS) is 19.6. The minimum absolute atomic E-state index is 0.305. The largest absolute Gasteiger partial charge is 0.497 e. The molecule has 0 radical (unpaired) electrons. The Morgan fingerprint density at radius 2 is 1.73 bits per heavy atom. The highest BCUT2D eigenvalue weighted by atomic mass is 35.5. The van der Waals surface area contributed by atoms with Gasteiger partial charge in [-0.1, -0.05) is 41.9 Å². The summed E-state index contributed by atoms with van der Waals surface area (Å²) in [6.45, 7) is 0. The average molecular weight is 511 g/mol. The van der Waals surface area contributed by atoms with Crippen molar-refractivity contribution in [1.29, 1.82) is 0 Å². The number of nitrogens with zero attached hydrogens (tertiary/aromatic N) is 7. The van der Waals surface area contributed by atoms with E-state index in [1.807, 2.05) is 66.7 Å². The van der Waals surface area contributed by atoms with Crippen molar-refractivity contribution in [2.45, 2.75) is 12.1 Å². The van der Waals surface area contributed by atoms with Gasteiger partial charge in [-0.15, -0.1) is 5.10 Å². The van der Waals surface area contributed by atoms with Gasteiger partial charge in [0.15, 0.2) is 11.7 Å². The van der Waals surface area contributed by atoms with Crippen LogP contribution < -0.4 is 15.1 Å². The number of hydrazine groups is 1. The highest BCUT2D eigenvalue weighted by Crippen LogP contribution is 2.39. The predicted octanol–water partition coefficient (Wildman–Crippen LogP) is 4.43. The first-order valence-electron chi connectivity index (χ1n) is 11.6. The topological polar surface area (TPSA) is 100 Å². The number of hydrogen-bond donors (Lipinski definition) is 1. The number of aliphatic imine (C=N–C) groups is 2. The van der Waals surface area contributed by atoms with E-state index in [0.717, 1.165) is 16.9 Å². The highest BCUT2D eigenvalue weighted by Gasteiger charge is 2.50. The van der Waals surface area contributed by atoms with Gasteiger partial charge in [-0.25, -0.2) is 29.8 Å². The molecule has 2 atom stereocenters. The number of fused-ring (bicyclic) bond motifs is 4. The third-order valence-corrected chi connectivity index (χ3v) is 6.78. The molecule has 0 aliphatic carbocycles. The maximum atomic E-state index is 12.9. The summed E-state index contributed by atoms with van der Waals surface area (Å²) in [5.74, 6) is 2.72. The summed E-state index contributed by atoms with van der Waals surface area (Å²) >= 11 is 6.08. The number of anilines is 1. The van der Waals surface area contributed by atoms with Crippen LogP contribution in [0.4, 0.5) is 16.4 Å². The number of hydrogen-bond acceptors (Lipinski definition) is 7. The van der Waals surface area contributed by atoms with Crippen LogP contribution in [-0.2, 0) is 0 Å². The van der Waals surface area contributed by atoms with E-state index in [1.165, 1.54) is 0 Å². The molecule has 182 valence electrons. The number of aromatic nitrogens is 3. The van der Waals surface area contributed by atoms with Gasteiger partial charge in [0.05, 0.1) is 12.8 Å². The van der Waals surface area contributed by atoms with Crippen molar-refractivity contribution >= 4 is 41.1 Å². The number of ether oxygens (including phenoxy) is 1. The highest BCUT2D eigenvalue weighted by molar-refractivity contribution is 6.30. The van der Waals surface area contributed by atoms with Crippen molar-refractivity contribution in [2.75, 3.05) is 12.0 Å². The average Bonchev–Trinajstić information content (AvgIpc) is 3.59. The maximum Gasteiger partial charge on any atom is 0.348 e. The first kappa shape index (κ1) is 21.6. The van der Waals surface area contributed by atoms with E-state index in [9.17, 15) is 4.79 Å². The number of carbonyl (C=O) groups is 1. The fraction of sp³-hybridized carbons (Fsp3) is 0.115. The van der Waals surface area contributed by atoms with Crippen LogP contribution in [0.5, 0.6) is 5.75 Å². The van der Waals surface area contributed by atoms with Crippen molar-refractivity contribution in [2.24, 2.45) is 9.98 Å². The standard InChI is InChI=1S/C26H19ClN8O2/c1-37-19-13-9-15(10-14-19)21-20-23(30-24-29-22(31-34(21)24)16-7-11-17(27)12-8-16)35-25(28-20)33(26(36)32-35)18-5-3-2-4-6-18/h2-14,20-21H,1H3,(H,32,36). The summed E-state index contributed by atoms with van der Waals surface area (Å²) in [6, 6.07) is 23.4. The zero-order valence-corrected chi connectivity index (χ0v) is 20.2. The van der Waals surface area contributed by atoms with Gasteiger partial charge in [-0.3, -0.25) is 0 Å². The van der Waals surface area contributed by atoms with Crippen molar-refractivity contribution in [3.05, 3.63) is 89.4 Å². The lowest BCUT2D eigenvalue weighted by Crippen LogP contribution is -2.45. The SMILES string of the molecule is COc1ccc(C2C3N=C4N(NC(=O)N4c4ccccc4)C3=Nc3nc(-c4ccc(Cl)cc4)nn32)cc1. The lowest BCUT2D eigenvalue weighted by atomic mass is 9.98. The second-order valence-corrected chi connectivity index (χ2v) is 9.11. The molecule has 1 aromatic heterocycles. The summed E-state index contributed by atoms with van der Waals surface area (Å²) in [7, 11) is 1.63. The molecule has 3 aliphatic rings. The molecule has 1 fully saturated rings. The Balaban J connectivity index is 1.36. The van der Waals surface area contributed by atoms with Crippen LogP contribution >= 0.6 is 11.6 Å². The molecule has 2 amide bonds. The number of halogens is 1. The van der Waals surface area contributed by atoms with Gasteiger partial charge in [-0.05, 0) is 54.1 Å². The van der Waals surface area contributed by atoms with Crippen LogP contribution in [0.25, 0.3) is 11.4 Å². The van der Waals surface area contributed by atoms with E-state index in [0.29, 0.717) is 34.3 Å². The Hall–Kier alpha value is -4.70. The molecule has 4 heterocycles. The van der Waals surface area contributed by atoms with Crippen LogP contribution in [0.15, 0.2) is 88.8 Å². The van der Waals surface area contributed by atoms with Crippen LogP contribution in [-0.4, -0.2) is 50.8 Å². The number of guanidine groups is 1. The van der Waals surface area contributed by atoms with E-state index in [-0.39, 0.29) is 12.1 Å². The van der Waals surface area contributed by atoms with Crippen molar-refractivity contribution < 1.29 is 9.53 Å². The van der Waals surface area contributed by atoms with Gasteiger partial charge in [-0.2, -0.15) is 9.98 Å². The Morgan fingerprint density at radius 3 is 2.46 bits per heavy atom. The number of para-hydroxylation sites is 1. The third kappa shape index (κ3) is 3.37.